The number of rotatable bonds is 2. The smallest absolute Gasteiger partial charge is 0.407 e. The minimum absolute atomic E-state index is 0.292. The molecular formula is C10H13N3O2. The second-order valence-corrected chi connectivity index (χ2v) is 2.86. The Hall–Kier alpha value is -1.96. The molecule has 1 aromatic rings. The molecule has 1 aromatic heterocycles. The van der Waals surface area contributed by atoms with Gasteiger partial charge in [0, 0.05) is 11.9 Å². The van der Waals surface area contributed by atoms with Crippen molar-refractivity contribution in [2.75, 3.05) is 13.7 Å². The van der Waals surface area contributed by atoms with Crippen LogP contribution in [0.3, 0.4) is 0 Å². The second-order valence-electron chi connectivity index (χ2n) is 2.86. The van der Waals surface area contributed by atoms with E-state index < -0.39 is 6.09 Å². The van der Waals surface area contributed by atoms with Crippen LogP contribution in [0.25, 0.3) is 0 Å². The van der Waals surface area contributed by atoms with Crippen molar-refractivity contribution in [1.29, 1.82) is 0 Å². The van der Waals surface area contributed by atoms with E-state index in [9.17, 15) is 4.79 Å². The van der Waals surface area contributed by atoms with Crippen LogP contribution in [0.5, 0.6) is 0 Å². The molecule has 1 amide bonds. The Morgan fingerprint density at radius 1 is 1.67 bits per heavy atom. The number of amides is 1. The number of hydrogen-bond donors (Lipinski definition) is 1. The molecule has 0 aliphatic carbocycles. The summed E-state index contributed by atoms with van der Waals surface area (Å²) in [5.74, 6) is 5.72. The van der Waals surface area contributed by atoms with Crippen LogP contribution in [-0.4, -0.2) is 29.3 Å². The Morgan fingerprint density at radius 3 is 3.07 bits per heavy atom. The lowest BCUT2D eigenvalue weighted by Crippen LogP contribution is -2.23. The Kier molecular flexibility index (Phi) is 4.23. The number of nitrogens with zero attached hydrogens (tertiary/aromatic N) is 2. The lowest BCUT2D eigenvalue weighted by Gasteiger charge is -1.98. The molecule has 0 saturated heterocycles. The van der Waals surface area contributed by atoms with Gasteiger partial charge in [0.25, 0.3) is 0 Å². The number of aromatic nitrogens is 2. The molecular weight excluding hydrogens is 194 g/mol. The van der Waals surface area contributed by atoms with Crippen LogP contribution in [0.4, 0.5) is 4.79 Å². The van der Waals surface area contributed by atoms with Gasteiger partial charge in [-0.25, -0.2) is 9.78 Å². The van der Waals surface area contributed by atoms with Crippen molar-refractivity contribution in [2.45, 2.75) is 13.5 Å². The van der Waals surface area contributed by atoms with Crippen LogP contribution >= 0.6 is 0 Å². The SMILES string of the molecule is COC(=O)NCC#CCn1cncc1C. The average molecular weight is 207 g/mol. The average Bonchev–Trinajstić information content (AvgIpc) is 2.63. The van der Waals surface area contributed by atoms with E-state index in [-0.39, 0.29) is 0 Å². The highest BCUT2D eigenvalue weighted by atomic mass is 16.5. The zero-order valence-corrected chi connectivity index (χ0v) is 8.78. The summed E-state index contributed by atoms with van der Waals surface area (Å²) >= 11 is 0. The van der Waals surface area contributed by atoms with Gasteiger partial charge in [-0.1, -0.05) is 11.8 Å². The summed E-state index contributed by atoms with van der Waals surface area (Å²) < 4.78 is 6.31. The molecule has 0 bridgehead atoms. The topological polar surface area (TPSA) is 56.1 Å². The number of hydrogen-bond acceptors (Lipinski definition) is 3. The number of imidazole rings is 1. The third kappa shape index (κ3) is 3.73. The predicted molar refractivity (Wildman–Crippen MR) is 55.1 cm³/mol. The van der Waals surface area contributed by atoms with Crippen molar-refractivity contribution >= 4 is 6.09 Å². The van der Waals surface area contributed by atoms with Gasteiger partial charge in [0.2, 0.25) is 0 Å². The summed E-state index contributed by atoms with van der Waals surface area (Å²) in [7, 11) is 1.32. The van der Waals surface area contributed by atoms with Crippen molar-refractivity contribution in [2.24, 2.45) is 0 Å². The van der Waals surface area contributed by atoms with E-state index in [4.69, 9.17) is 0 Å². The van der Waals surface area contributed by atoms with Gasteiger partial charge >= 0.3 is 6.09 Å². The molecule has 0 radical (unpaired) electrons. The van der Waals surface area contributed by atoms with Crippen LogP contribution in [0.15, 0.2) is 12.5 Å². The van der Waals surface area contributed by atoms with Gasteiger partial charge in [-0.2, -0.15) is 0 Å². The molecule has 0 atom stereocenters. The van der Waals surface area contributed by atoms with Gasteiger partial charge in [-0.3, -0.25) is 0 Å². The minimum Gasteiger partial charge on any atom is -0.453 e. The van der Waals surface area contributed by atoms with Crippen molar-refractivity contribution < 1.29 is 9.53 Å². The number of alkyl carbamates (subject to hydrolysis) is 1. The van der Waals surface area contributed by atoms with Gasteiger partial charge in [0.15, 0.2) is 0 Å². The van der Waals surface area contributed by atoms with Crippen LogP contribution in [0, 0.1) is 18.8 Å². The van der Waals surface area contributed by atoms with Crippen LogP contribution in [0.2, 0.25) is 0 Å². The fraction of sp³-hybridized carbons (Fsp3) is 0.400. The largest absolute Gasteiger partial charge is 0.453 e. The predicted octanol–water partition coefficient (Wildman–Crippen LogP) is 0.551. The van der Waals surface area contributed by atoms with Gasteiger partial charge in [0.05, 0.1) is 26.5 Å². The van der Waals surface area contributed by atoms with Crippen molar-refractivity contribution in [3.8, 4) is 11.8 Å². The van der Waals surface area contributed by atoms with Gasteiger partial charge in [-0.15, -0.1) is 0 Å². The normalized spacial score (nSPS) is 8.93. The lowest BCUT2D eigenvalue weighted by molar-refractivity contribution is 0.172. The number of methoxy groups -OCH3 is 1. The maximum atomic E-state index is 10.6. The first-order chi connectivity index (χ1) is 7.24. The fourth-order valence-electron chi connectivity index (χ4n) is 0.945. The van der Waals surface area contributed by atoms with Gasteiger partial charge in [-0.05, 0) is 6.92 Å². The number of nitrogens with one attached hydrogen (secondary N) is 1. The highest BCUT2D eigenvalue weighted by molar-refractivity contribution is 5.67. The Bertz CT molecular complexity index is 387. The third-order valence-electron chi connectivity index (χ3n) is 1.80. The molecule has 0 spiro atoms. The van der Waals surface area contributed by atoms with E-state index in [1.54, 1.807) is 12.5 Å². The summed E-state index contributed by atoms with van der Waals surface area (Å²) in [6.45, 7) is 2.83. The van der Waals surface area contributed by atoms with Crippen molar-refractivity contribution in [1.82, 2.24) is 14.9 Å². The molecule has 80 valence electrons. The number of ether oxygens (including phenoxy) is 1. The maximum absolute atomic E-state index is 10.6. The minimum atomic E-state index is -0.469. The highest BCUT2D eigenvalue weighted by Crippen LogP contribution is 1.94. The highest BCUT2D eigenvalue weighted by Gasteiger charge is 1.93. The van der Waals surface area contributed by atoms with Crippen molar-refractivity contribution in [3.63, 3.8) is 0 Å². The first-order valence-corrected chi connectivity index (χ1v) is 4.48. The molecule has 0 aliphatic heterocycles. The van der Waals surface area contributed by atoms with Crippen molar-refractivity contribution in [3.05, 3.63) is 18.2 Å². The lowest BCUT2D eigenvalue weighted by atomic mass is 10.5. The monoisotopic (exact) mass is 207 g/mol. The maximum Gasteiger partial charge on any atom is 0.407 e. The molecule has 0 aromatic carbocycles. The fourth-order valence-corrected chi connectivity index (χ4v) is 0.945. The Balaban J connectivity index is 2.29. The van der Waals surface area contributed by atoms with Crippen LogP contribution in [-0.2, 0) is 11.3 Å². The molecule has 0 unspecified atom stereocenters. The third-order valence-corrected chi connectivity index (χ3v) is 1.80. The molecule has 5 nitrogen and oxygen atoms in total. The number of carbonyl (C=O) groups excluding carboxylic acids is 1. The number of carbonyl (C=O) groups is 1. The second kappa shape index (κ2) is 5.70. The Morgan fingerprint density at radius 2 is 2.47 bits per heavy atom. The Labute approximate surface area is 88.4 Å². The van der Waals surface area contributed by atoms with E-state index in [0.717, 1.165) is 5.69 Å². The van der Waals surface area contributed by atoms with Crippen LogP contribution in [0.1, 0.15) is 5.69 Å². The van der Waals surface area contributed by atoms with E-state index in [2.05, 4.69) is 26.9 Å². The molecule has 1 rings (SSSR count). The molecule has 5 heteroatoms. The van der Waals surface area contributed by atoms with Gasteiger partial charge < -0.3 is 14.6 Å². The summed E-state index contributed by atoms with van der Waals surface area (Å²) in [6, 6.07) is 0. The summed E-state index contributed by atoms with van der Waals surface area (Å²) in [6.07, 6.45) is 3.02. The van der Waals surface area contributed by atoms with Gasteiger partial charge in [0.1, 0.15) is 0 Å². The molecule has 1 heterocycles. The quantitative estimate of drug-likeness (QED) is 0.720. The summed E-state index contributed by atoms with van der Waals surface area (Å²) in [5.41, 5.74) is 1.06. The molecule has 1 N–H and O–H groups in total. The standard InChI is InChI=1S/C10H13N3O2/c1-9-7-11-8-13(9)6-4-3-5-12-10(14)15-2/h7-8H,5-6H2,1-2H3,(H,12,14). The number of aryl methyl sites for hydroxylation is 1. The zero-order chi connectivity index (χ0) is 11.1. The molecule has 0 saturated carbocycles. The zero-order valence-electron chi connectivity index (χ0n) is 8.78. The van der Waals surface area contributed by atoms with E-state index >= 15 is 0 Å². The summed E-state index contributed by atoms with van der Waals surface area (Å²) in [4.78, 5) is 14.6. The molecule has 15 heavy (non-hydrogen) atoms. The van der Waals surface area contributed by atoms with Crippen LogP contribution < -0.4 is 5.32 Å². The van der Waals surface area contributed by atoms with E-state index in [0.29, 0.717) is 13.1 Å². The first-order valence-electron chi connectivity index (χ1n) is 4.48. The molecule has 0 aliphatic rings. The van der Waals surface area contributed by atoms with E-state index in [1.165, 1.54) is 7.11 Å². The molecule has 0 fully saturated rings. The summed E-state index contributed by atoms with van der Waals surface area (Å²) in [5, 5.41) is 2.47. The first kappa shape index (κ1) is 11.1. The van der Waals surface area contributed by atoms with E-state index in [1.807, 2.05) is 11.5 Å².